The van der Waals surface area contributed by atoms with Gasteiger partial charge in [-0.1, -0.05) is 12.2 Å². The van der Waals surface area contributed by atoms with Crippen LogP contribution in [0.2, 0.25) is 0 Å². The second-order valence-corrected chi connectivity index (χ2v) is 2.31. The van der Waals surface area contributed by atoms with Crippen LogP contribution in [-0.2, 0) is 4.79 Å². The van der Waals surface area contributed by atoms with E-state index < -0.39 is 5.97 Å². The second-order valence-electron chi connectivity index (χ2n) is 2.31. The molecule has 2 heteroatoms. The summed E-state index contributed by atoms with van der Waals surface area (Å²) in [5.74, 6) is -0.867. The zero-order valence-corrected chi connectivity index (χ0v) is 6.62. The van der Waals surface area contributed by atoms with Gasteiger partial charge in [0.05, 0.1) is 0 Å². The Kier molecular flexibility index (Phi) is 6.39. The number of aliphatic carboxylic acids is 1. The van der Waals surface area contributed by atoms with Crippen molar-refractivity contribution in [2.75, 3.05) is 0 Å². The van der Waals surface area contributed by atoms with Crippen molar-refractivity contribution < 1.29 is 9.90 Å². The van der Waals surface area contributed by atoms with Gasteiger partial charge in [-0.3, -0.25) is 0 Å². The van der Waals surface area contributed by atoms with Crippen LogP contribution in [0.4, 0.5) is 0 Å². The van der Waals surface area contributed by atoms with Crippen molar-refractivity contribution in [3.63, 3.8) is 0 Å². The van der Waals surface area contributed by atoms with Crippen LogP contribution in [0.25, 0.3) is 0 Å². The van der Waals surface area contributed by atoms with Gasteiger partial charge in [0.2, 0.25) is 0 Å². The fourth-order valence-electron chi connectivity index (χ4n) is 0.735. The largest absolute Gasteiger partial charge is 0.478 e. The Hall–Kier alpha value is -1.05. The minimum Gasteiger partial charge on any atom is -0.478 e. The molecule has 0 saturated carbocycles. The van der Waals surface area contributed by atoms with E-state index in [1.165, 1.54) is 6.08 Å². The van der Waals surface area contributed by atoms with Crippen LogP contribution in [0.5, 0.6) is 0 Å². The summed E-state index contributed by atoms with van der Waals surface area (Å²) in [7, 11) is 0. The van der Waals surface area contributed by atoms with Crippen LogP contribution in [0, 0.1) is 0 Å². The number of carboxylic acids is 1. The summed E-state index contributed by atoms with van der Waals surface area (Å²) in [6.07, 6.45) is 8.74. The maximum absolute atomic E-state index is 9.99. The Morgan fingerprint density at radius 1 is 1.36 bits per heavy atom. The molecule has 0 heterocycles. The first-order valence-electron chi connectivity index (χ1n) is 3.77. The summed E-state index contributed by atoms with van der Waals surface area (Å²) in [5.41, 5.74) is 0. The van der Waals surface area contributed by atoms with E-state index in [9.17, 15) is 4.79 Å². The monoisotopic (exact) mass is 154 g/mol. The third-order valence-corrected chi connectivity index (χ3v) is 1.29. The average molecular weight is 154 g/mol. The van der Waals surface area contributed by atoms with Gasteiger partial charge in [0.1, 0.15) is 0 Å². The molecule has 0 aromatic heterocycles. The molecule has 0 radical (unpaired) electrons. The highest BCUT2D eigenvalue weighted by Crippen LogP contribution is 2.00. The Bertz CT molecular complexity index is 148. The summed E-state index contributed by atoms with van der Waals surface area (Å²) < 4.78 is 0. The second kappa shape index (κ2) is 7.06. The molecule has 2 nitrogen and oxygen atoms in total. The Labute approximate surface area is 67.2 Å². The van der Waals surface area contributed by atoms with Crippen molar-refractivity contribution in [2.45, 2.75) is 25.7 Å². The lowest BCUT2D eigenvalue weighted by Crippen LogP contribution is -1.85. The van der Waals surface area contributed by atoms with Gasteiger partial charge in [-0.05, 0) is 25.7 Å². The van der Waals surface area contributed by atoms with Crippen LogP contribution in [0.3, 0.4) is 0 Å². The lowest BCUT2D eigenvalue weighted by molar-refractivity contribution is -0.131. The van der Waals surface area contributed by atoms with E-state index in [4.69, 9.17) is 5.11 Å². The summed E-state index contributed by atoms with van der Waals surface area (Å²) in [5, 5.41) is 8.21. The summed E-state index contributed by atoms with van der Waals surface area (Å²) >= 11 is 0. The molecule has 11 heavy (non-hydrogen) atoms. The van der Waals surface area contributed by atoms with E-state index in [0.717, 1.165) is 25.7 Å². The van der Waals surface area contributed by atoms with E-state index >= 15 is 0 Å². The zero-order valence-electron chi connectivity index (χ0n) is 6.62. The number of unbranched alkanes of at least 4 members (excludes halogenated alkanes) is 3. The van der Waals surface area contributed by atoms with Gasteiger partial charge in [-0.2, -0.15) is 0 Å². The summed E-state index contributed by atoms with van der Waals surface area (Å²) in [4.78, 5) is 9.99. The topological polar surface area (TPSA) is 37.3 Å². The van der Waals surface area contributed by atoms with Gasteiger partial charge >= 0.3 is 5.97 Å². The molecule has 0 rings (SSSR count). The van der Waals surface area contributed by atoms with Crippen LogP contribution < -0.4 is 0 Å². The minimum absolute atomic E-state index is 0.847. The fourth-order valence-corrected chi connectivity index (χ4v) is 0.735. The standard InChI is InChI=1S/C9H14O2/c1-2-3-4-5-6-7-8-9(10)11/h2,7-8H,1,3-6H2,(H,10,11). The molecule has 0 aliphatic carbocycles. The van der Waals surface area contributed by atoms with E-state index in [2.05, 4.69) is 6.58 Å². The SMILES string of the molecule is C=CCCCCC=CC(=O)O. The molecule has 0 unspecified atom stereocenters. The smallest absolute Gasteiger partial charge is 0.327 e. The van der Waals surface area contributed by atoms with Crippen molar-refractivity contribution in [2.24, 2.45) is 0 Å². The minimum atomic E-state index is -0.867. The van der Waals surface area contributed by atoms with Crippen LogP contribution in [0.15, 0.2) is 24.8 Å². The van der Waals surface area contributed by atoms with Gasteiger partial charge in [0, 0.05) is 6.08 Å². The lowest BCUT2D eigenvalue weighted by atomic mass is 10.2. The summed E-state index contributed by atoms with van der Waals surface area (Å²) in [6, 6.07) is 0. The van der Waals surface area contributed by atoms with Crippen LogP contribution in [0.1, 0.15) is 25.7 Å². The number of hydrogen-bond donors (Lipinski definition) is 1. The predicted octanol–water partition coefficient (Wildman–Crippen LogP) is 2.37. The van der Waals surface area contributed by atoms with E-state index in [0.29, 0.717) is 0 Å². The van der Waals surface area contributed by atoms with Gasteiger partial charge in [0.15, 0.2) is 0 Å². The van der Waals surface area contributed by atoms with Gasteiger partial charge in [-0.15, -0.1) is 6.58 Å². The quantitative estimate of drug-likeness (QED) is 0.362. The molecule has 0 saturated heterocycles. The molecule has 0 atom stereocenters. The summed E-state index contributed by atoms with van der Waals surface area (Å²) in [6.45, 7) is 3.59. The highest BCUT2D eigenvalue weighted by molar-refractivity contribution is 5.79. The van der Waals surface area contributed by atoms with Crippen molar-refractivity contribution in [3.8, 4) is 0 Å². The van der Waals surface area contributed by atoms with Crippen LogP contribution in [-0.4, -0.2) is 11.1 Å². The van der Waals surface area contributed by atoms with Crippen LogP contribution >= 0.6 is 0 Å². The fraction of sp³-hybridized carbons (Fsp3) is 0.444. The molecule has 0 aromatic rings. The first kappa shape index (κ1) is 9.95. The third kappa shape index (κ3) is 8.95. The van der Waals surface area contributed by atoms with E-state index in [1.807, 2.05) is 6.08 Å². The molecule has 0 fully saturated rings. The molecule has 0 aliphatic heterocycles. The first-order valence-corrected chi connectivity index (χ1v) is 3.77. The molecule has 0 aromatic carbocycles. The van der Waals surface area contributed by atoms with E-state index in [-0.39, 0.29) is 0 Å². The normalized spacial score (nSPS) is 10.2. The molecule has 0 bridgehead atoms. The van der Waals surface area contributed by atoms with Crippen molar-refractivity contribution in [1.29, 1.82) is 0 Å². The molecule has 1 N–H and O–H groups in total. The Morgan fingerprint density at radius 2 is 2.00 bits per heavy atom. The Balaban J connectivity index is 3.13. The van der Waals surface area contributed by atoms with Crippen molar-refractivity contribution >= 4 is 5.97 Å². The molecule has 62 valence electrons. The van der Waals surface area contributed by atoms with Gasteiger partial charge < -0.3 is 5.11 Å². The highest BCUT2D eigenvalue weighted by atomic mass is 16.4. The number of carbonyl (C=O) groups is 1. The van der Waals surface area contributed by atoms with E-state index in [1.54, 1.807) is 6.08 Å². The number of allylic oxidation sites excluding steroid dienone is 2. The van der Waals surface area contributed by atoms with Crippen molar-refractivity contribution in [1.82, 2.24) is 0 Å². The molecular formula is C9H14O2. The van der Waals surface area contributed by atoms with Crippen molar-refractivity contribution in [3.05, 3.63) is 24.8 Å². The van der Waals surface area contributed by atoms with Gasteiger partial charge in [-0.25, -0.2) is 4.79 Å². The molecule has 0 amide bonds. The van der Waals surface area contributed by atoms with Gasteiger partial charge in [0.25, 0.3) is 0 Å². The number of rotatable bonds is 6. The Morgan fingerprint density at radius 3 is 2.55 bits per heavy atom. The molecule has 0 spiro atoms. The highest BCUT2D eigenvalue weighted by Gasteiger charge is 1.85. The number of carboxylic acid groups (broad SMARTS) is 1. The third-order valence-electron chi connectivity index (χ3n) is 1.29. The molecule has 0 aliphatic rings. The zero-order chi connectivity index (χ0) is 8.53. The first-order chi connectivity index (χ1) is 5.27. The maximum Gasteiger partial charge on any atom is 0.327 e. The lowest BCUT2D eigenvalue weighted by Gasteiger charge is -1.90. The maximum atomic E-state index is 9.99. The predicted molar refractivity (Wildman–Crippen MR) is 45.4 cm³/mol. The average Bonchev–Trinajstić information content (AvgIpc) is 1.96. The molecular weight excluding hydrogens is 140 g/mol. The number of hydrogen-bond acceptors (Lipinski definition) is 1.